The third-order valence-corrected chi connectivity index (χ3v) is 4.81. The van der Waals surface area contributed by atoms with Crippen LogP contribution in [0.5, 0.6) is 0 Å². The topological polar surface area (TPSA) is 29.3 Å². The molecule has 0 radical (unpaired) electrons. The van der Waals surface area contributed by atoms with Gasteiger partial charge in [-0.25, -0.2) is 0 Å². The van der Waals surface area contributed by atoms with Crippen LogP contribution in [0.4, 0.5) is 5.69 Å². The molecule has 1 aliphatic heterocycles. The summed E-state index contributed by atoms with van der Waals surface area (Å²) in [5.41, 5.74) is 10.3. The highest BCUT2D eigenvalue weighted by atomic mass is 32.1. The standard InChI is InChI=1S/C17H22N2S/c1-13-2-4-17(5-3-13)19-10-15(9-16(18)11-19)8-14-6-7-20-12-14/h2-7,12,15-16H,8-11,18H2,1H3. The Balaban J connectivity index is 1.71. The number of aryl methyl sites for hydroxylation is 1. The Morgan fingerprint density at radius 2 is 2.00 bits per heavy atom. The van der Waals surface area contributed by atoms with E-state index in [-0.39, 0.29) is 6.04 Å². The number of hydrogen-bond donors (Lipinski definition) is 1. The van der Waals surface area contributed by atoms with Crippen molar-refractivity contribution in [2.24, 2.45) is 11.7 Å². The molecule has 0 spiro atoms. The van der Waals surface area contributed by atoms with Crippen LogP contribution in [0.25, 0.3) is 0 Å². The van der Waals surface area contributed by atoms with Crippen molar-refractivity contribution in [3.05, 3.63) is 52.2 Å². The van der Waals surface area contributed by atoms with E-state index in [4.69, 9.17) is 5.73 Å². The van der Waals surface area contributed by atoms with E-state index in [0.29, 0.717) is 5.92 Å². The summed E-state index contributed by atoms with van der Waals surface area (Å²) in [5.74, 6) is 0.662. The van der Waals surface area contributed by atoms with Crippen LogP contribution in [0.2, 0.25) is 0 Å². The van der Waals surface area contributed by atoms with E-state index in [1.807, 2.05) is 0 Å². The molecule has 20 heavy (non-hydrogen) atoms. The normalized spacial score (nSPS) is 23.0. The number of hydrogen-bond acceptors (Lipinski definition) is 3. The van der Waals surface area contributed by atoms with Crippen LogP contribution in [-0.2, 0) is 6.42 Å². The minimum atomic E-state index is 0.286. The highest BCUT2D eigenvalue weighted by Crippen LogP contribution is 2.26. The molecule has 0 bridgehead atoms. The lowest BCUT2D eigenvalue weighted by molar-refractivity contribution is 0.375. The van der Waals surface area contributed by atoms with Crippen molar-refractivity contribution in [1.29, 1.82) is 0 Å². The average Bonchev–Trinajstić information content (AvgIpc) is 2.91. The van der Waals surface area contributed by atoms with E-state index < -0.39 is 0 Å². The van der Waals surface area contributed by atoms with Gasteiger partial charge in [0, 0.05) is 24.8 Å². The molecule has 3 rings (SSSR count). The van der Waals surface area contributed by atoms with Crippen molar-refractivity contribution in [2.75, 3.05) is 18.0 Å². The van der Waals surface area contributed by atoms with Gasteiger partial charge in [0.1, 0.15) is 0 Å². The van der Waals surface area contributed by atoms with Gasteiger partial charge in [-0.2, -0.15) is 11.3 Å². The summed E-state index contributed by atoms with van der Waals surface area (Å²) in [6.45, 7) is 4.22. The molecule has 2 aromatic rings. The first-order valence-corrected chi connectivity index (χ1v) is 8.23. The second-order valence-electron chi connectivity index (χ2n) is 5.94. The molecule has 2 heterocycles. The lowest BCUT2D eigenvalue weighted by Gasteiger charge is -2.38. The Hall–Kier alpha value is -1.32. The summed E-state index contributed by atoms with van der Waals surface area (Å²) < 4.78 is 0. The lowest BCUT2D eigenvalue weighted by atomic mass is 9.89. The first-order valence-electron chi connectivity index (χ1n) is 7.29. The second kappa shape index (κ2) is 5.98. The van der Waals surface area contributed by atoms with E-state index in [1.165, 1.54) is 16.8 Å². The van der Waals surface area contributed by atoms with Gasteiger partial charge in [-0.05, 0) is 60.2 Å². The van der Waals surface area contributed by atoms with E-state index in [2.05, 4.69) is 52.9 Å². The molecule has 0 saturated carbocycles. The van der Waals surface area contributed by atoms with E-state index in [0.717, 1.165) is 25.9 Å². The van der Waals surface area contributed by atoms with E-state index in [9.17, 15) is 0 Å². The fourth-order valence-electron chi connectivity index (χ4n) is 3.10. The number of nitrogens with zero attached hydrogens (tertiary/aromatic N) is 1. The van der Waals surface area contributed by atoms with Crippen LogP contribution in [0.15, 0.2) is 41.1 Å². The maximum atomic E-state index is 6.27. The minimum Gasteiger partial charge on any atom is -0.370 e. The third kappa shape index (κ3) is 3.22. The molecule has 1 fully saturated rings. The summed E-state index contributed by atoms with van der Waals surface area (Å²) in [7, 11) is 0. The third-order valence-electron chi connectivity index (χ3n) is 4.07. The van der Waals surface area contributed by atoms with Crippen LogP contribution < -0.4 is 10.6 Å². The molecule has 1 saturated heterocycles. The summed E-state index contributed by atoms with van der Waals surface area (Å²) in [6, 6.07) is 11.3. The van der Waals surface area contributed by atoms with Gasteiger partial charge in [0.15, 0.2) is 0 Å². The zero-order valence-corrected chi connectivity index (χ0v) is 12.8. The van der Waals surface area contributed by atoms with Crippen LogP contribution in [0, 0.1) is 12.8 Å². The molecular weight excluding hydrogens is 264 g/mol. The summed E-state index contributed by atoms with van der Waals surface area (Å²) >= 11 is 1.78. The maximum absolute atomic E-state index is 6.27. The highest BCUT2D eigenvalue weighted by Gasteiger charge is 2.25. The molecule has 2 atom stereocenters. The quantitative estimate of drug-likeness (QED) is 0.936. The van der Waals surface area contributed by atoms with Crippen LogP contribution in [-0.4, -0.2) is 19.1 Å². The highest BCUT2D eigenvalue weighted by molar-refractivity contribution is 7.07. The second-order valence-corrected chi connectivity index (χ2v) is 6.72. The molecule has 1 aromatic heterocycles. The molecule has 3 heteroatoms. The van der Waals surface area contributed by atoms with Crippen LogP contribution in [0.3, 0.4) is 0 Å². The number of thiophene rings is 1. The average molecular weight is 286 g/mol. The first-order chi connectivity index (χ1) is 9.70. The van der Waals surface area contributed by atoms with E-state index >= 15 is 0 Å². The molecule has 106 valence electrons. The number of anilines is 1. The van der Waals surface area contributed by atoms with Crippen LogP contribution >= 0.6 is 11.3 Å². The lowest BCUT2D eigenvalue weighted by Crippen LogP contribution is -2.47. The van der Waals surface area contributed by atoms with Crippen molar-refractivity contribution in [3.8, 4) is 0 Å². The molecule has 2 N–H and O–H groups in total. The predicted molar refractivity (Wildman–Crippen MR) is 87.5 cm³/mol. The van der Waals surface area contributed by atoms with Gasteiger partial charge in [0.25, 0.3) is 0 Å². The largest absolute Gasteiger partial charge is 0.370 e. The minimum absolute atomic E-state index is 0.286. The Labute approximate surface area is 125 Å². The van der Waals surface area contributed by atoms with Gasteiger partial charge in [-0.1, -0.05) is 17.7 Å². The Morgan fingerprint density at radius 3 is 2.70 bits per heavy atom. The predicted octanol–water partition coefficient (Wildman–Crippen LogP) is 3.45. The van der Waals surface area contributed by atoms with Gasteiger partial charge >= 0.3 is 0 Å². The first kappa shape index (κ1) is 13.7. The fourth-order valence-corrected chi connectivity index (χ4v) is 3.78. The maximum Gasteiger partial charge on any atom is 0.0367 e. The summed E-state index contributed by atoms with van der Waals surface area (Å²) in [6.07, 6.45) is 2.29. The molecule has 2 unspecified atom stereocenters. The zero-order chi connectivity index (χ0) is 13.9. The summed E-state index contributed by atoms with van der Waals surface area (Å²) in [5, 5.41) is 4.42. The fraction of sp³-hybridized carbons (Fsp3) is 0.412. The number of benzene rings is 1. The van der Waals surface area contributed by atoms with Crippen molar-refractivity contribution in [2.45, 2.75) is 25.8 Å². The van der Waals surface area contributed by atoms with Gasteiger partial charge < -0.3 is 10.6 Å². The van der Waals surface area contributed by atoms with Crippen molar-refractivity contribution in [3.63, 3.8) is 0 Å². The molecular formula is C17H22N2S. The van der Waals surface area contributed by atoms with Crippen molar-refractivity contribution < 1.29 is 0 Å². The van der Waals surface area contributed by atoms with Gasteiger partial charge in [0.05, 0.1) is 0 Å². The molecule has 0 amide bonds. The van der Waals surface area contributed by atoms with Gasteiger partial charge in [-0.3, -0.25) is 0 Å². The molecule has 1 aliphatic rings. The Kier molecular flexibility index (Phi) is 4.08. The smallest absolute Gasteiger partial charge is 0.0367 e. The Morgan fingerprint density at radius 1 is 1.20 bits per heavy atom. The van der Waals surface area contributed by atoms with Crippen molar-refractivity contribution >= 4 is 17.0 Å². The summed E-state index contributed by atoms with van der Waals surface area (Å²) in [4.78, 5) is 2.45. The van der Waals surface area contributed by atoms with Gasteiger partial charge in [0.2, 0.25) is 0 Å². The monoisotopic (exact) mass is 286 g/mol. The van der Waals surface area contributed by atoms with Crippen LogP contribution in [0.1, 0.15) is 17.5 Å². The molecule has 1 aromatic carbocycles. The molecule has 2 nitrogen and oxygen atoms in total. The van der Waals surface area contributed by atoms with E-state index in [1.54, 1.807) is 11.3 Å². The SMILES string of the molecule is Cc1ccc(N2CC(N)CC(Cc3ccsc3)C2)cc1. The zero-order valence-electron chi connectivity index (χ0n) is 12.0. The van der Waals surface area contributed by atoms with Gasteiger partial charge in [-0.15, -0.1) is 0 Å². The Bertz CT molecular complexity index is 533. The number of nitrogens with two attached hydrogens (primary N) is 1. The number of rotatable bonds is 3. The van der Waals surface area contributed by atoms with Crippen molar-refractivity contribution in [1.82, 2.24) is 0 Å². The molecule has 0 aliphatic carbocycles. The number of piperidine rings is 1.